The Balaban J connectivity index is 0.937. The summed E-state index contributed by atoms with van der Waals surface area (Å²) in [6, 6.07) is 10.7. The second kappa shape index (κ2) is 19.9. The largest absolute Gasteiger partial charge is 0.495 e. The number of aromatic nitrogens is 3. The van der Waals surface area contributed by atoms with Crippen molar-refractivity contribution in [2.75, 3.05) is 42.4 Å². The summed E-state index contributed by atoms with van der Waals surface area (Å²) >= 11 is 1.56. The number of anilines is 4. The first-order chi connectivity index (χ1) is 31.1. The van der Waals surface area contributed by atoms with Crippen molar-refractivity contribution in [2.24, 2.45) is 5.41 Å². The van der Waals surface area contributed by atoms with E-state index in [2.05, 4.69) is 36.1 Å². The van der Waals surface area contributed by atoms with E-state index in [9.17, 15) is 29.1 Å². The van der Waals surface area contributed by atoms with Crippen LogP contribution in [0.1, 0.15) is 94.3 Å². The summed E-state index contributed by atoms with van der Waals surface area (Å²) in [5.41, 5.74) is 5.40. The van der Waals surface area contributed by atoms with E-state index in [1.165, 1.54) is 12.0 Å². The van der Waals surface area contributed by atoms with Crippen molar-refractivity contribution in [1.82, 2.24) is 35.8 Å². The van der Waals surface area contributed by atoms with Gasteiger partial charge in [0.1, 0.15) is 29.6 Å². The highest BCUT2D eigenvalue weighted by atomic mass is 32.1. The lowest BCUT2D eigenvalue weighted by atomic mass is 9.85. The molecule has 0 radical (unpaired) electrons. The van der Waals surface area contributed by atoms with Gasteiger partial charge in [0.2, 0.25) is 29.6 Å². The molecule has 1 aliphatic carbocycles. The molecule has 1 saturated heterocycles. The Kier molecular flexibility index (Phi) is 14.4. The van der Waals surface area contributed by atoms with Crippen molar-refractivity contribution >= 4 is 64.0 Å². The zero-order valence-electron chi connectivity index (χ0n) is 38.1. The second-order valence-corrected chi connectivity index (χ2v) is 18.9. The van der Waals surface area contributed by atoms with Gasteiger partial charge in [-0.2, -0.15) is 4.98 Å². The molecule has 346 valence electrons. The highest BCUT2D eigenvalue weighted by molar-refractivity contribution is 7.13. The van der Waals surface area contributed by atoms with Gasteiger partial charge in [0, 0.05) is 51.1 Å². The first kappa shape index (κ1) is 46.8. The van der Waals surface area contributed by atoms with E-state index in [4.69, 9.17) is 9.72 Å². The smallest absolute Gasteiger partial charge is 0.251 e. The van der Waals surface area contributed by atoms with Crippen LogP contribution in [0.4, 0.5) is 23.1 Å². The maximum atomic E-state index is 14.1. The Bertz CT molecular complexity index is 2400. The van der Waals surface area contributed by atoms with Crippen LogP contribution in [0.15, 0.2) is 54.2 Å². The van der Waals surface area contributed by atoms with Crippen molar-refractivity contribution in [2.45, 2.75) is 116 Å². The lowest BCUT2D eigenvalue weighted by Crippen LogP contribution is -2.57. The number of aliphatic hydroxyl groups excluding tert-OH is 1. The van der Waals surface area contributed by atoms with Gasteiger partial charge in [-0.1, -0.05) is 64.8 Å². The zero-order chi connectivity index (χ0) is 46.6. The number of nitrogens with zero attached hydrogens (tertiary/aromatic N) is 6. The van der Waals surface area contributed by atoms with Crippen LogP contribution < -0.4 is 35.8 Å². The third kappa shape index (κ3) is 10.4. The molecule has 2 fully saturated rings. The average Bonchev–Trinajstić information content (AvgIpc) is 4.07. The number of hydrogen-bond donors (Lipinski definition) is 5. The first-order valence-corrected chi connectivity index (χ1v) is 23.2. The standard InChI is InChI=1S/C47H60N10O7S/c1-8-34-44(62)55(6)36-24-50-46(54-41(36)57(34)31-11-9-10-12-31)52-33-18-17-30(21-37(33)64-7)42(60)48-20-19-38(59)53-40(47(3,4)5)45(63)56-25-32(58)22-35(56)43(61)49-23-28-13-15-29(16-14-28)39-27(2)51-26-65-39/h13-18,21,24,26,31-32,34-35,40,58H,8-12,19-20,22-23,25H2,1-7H3,(H,48,60)(H,49,61)(H,53,59)(H,50,52,54)/t32-,34-,35+,40-/m1/s1. The van der Waals surface area contributed by atoms with E-state index in [-0.39, 0.29) is 50.5 Å². The normalized spacial score (nSPS) is 19.2. The summed E-state index contributed by atoms with van der Waals surface area (Å²) in [5, 5.41) is 22.4. The molecule has 7 rings (SSSR count). The molecule has 17 nitrogen and oxygen atoms in total. The van der Waals surface area contributed by atoms with Crippen LogP contribution in [-0.2, 0) is 25.7 Å². The van der Waals surface area contributed by atoms with E-state index in [1.54, 1.807) is 53.2 Å². The molecular weight excluding hydrogens is 849 g/mol. The predicted octanol–water partition coefficient (Wildman–Crippen LogP) is 5.09. The van der Waals surface area contributed by atoms with Gasteiger partial charge in [0.25, 0.3) is 5.91 Å². The van der Waals surface area contributed by atoms with Crippen LogP contribution in [0.2, 0.25) is 0 Å². The number of aryl methyl sites for hydroxylation is 1. The quantitative estimate of drug-likeness (QED) is 0.106. The van der Waals surface area contributed by atoms with Gasteiger partial charge in [0.05, 0.1) is 41.2 Å². The molecule has 4 heterocycles. The number of amides is 5. The molecule has 5 N–H and O–H groups in total. The maximum absolute atomic E-state index is 14.1. The fourth-order valence-electron chi connectivity index (χ4n) is 8.90. The highest BCUT2D eigenvalue weighted by Gasteiger charge is 2.45. The lowest BCUT2D eigenvalue weighted by Gasteiger charge is -2.43. The fraction of sp³-hybridized carbons (Fsp3) is 0.489. The van der Waals surface area contributed by atoms with Gasteiger partial charge in [-0.15, -0.1) is 11.3 Å². The molecule has 0 bridgehead atoms. The molecule has 4 atom stereocenters. The number of β-amino-alcohol motifs (C(OH)–C–C–N with tert-alkyl or cyclic N) is 1. The van der Waals surface area contributed by atoms with Gasteiger partial charge in [-0.25, -0.2) is 9.97 Å². The first-order valence-electron chi connectivity index (χ1n) is 22.3. The van der Waals surface area contributed by atoms with Crippen LogP contribution in [-0.4, -0.2) is 112 Å². The molecule has 3 aliphatic rings. The molecule has 1 saturated carbocycles. The summed E-state index contributed by atoms with van der Waals surface area (Å²) in [5.74, 6) is -0.352. The Hall–Kier alpha value is -6.14. The molecule has 2 aromatic carbocycles. The van der Waals surface area contributed by atoms with Gasteiger partial charge in [-0.3, -0.25) is 24.0 Å². The van der Waals surface area contributed by atoms with E-state index in [0.29, 0.717) is 40.9 Å². The number of thiazole rings is 1. The van der Waals surface area contributed by atoms with Crippen LogP contribution >= 0.6 is 11.3 Å². The third-order valence-corrected chi connectivity index (χ3v) is 13.4. The molecule has 4 aromatic rings. The van der Waals surface area contributed by atoms with Crippen molar-refractivity contribution < 1.29 is 33.8 Å². The fourth-order valence-corrected chi connectivity index (χ4v) is 9.72. The highest BCUT2D eigenvalue weighted by Crippen LogP contribution is 2.40. The molecule has 65 heavy (non-hydrogen) atoms. The number of fused-ring (bicyclic) bond motifs is 1. The van der Waals surface area contributed by atoms with Crippen LogP contribution in [0, 0.1) is 12.3 Å². The minimum atomic E-state index is -1.01. The van der Waals surface area contributed by atoms with Crippen molar-refractivity contribution in [3.63, 3.8) is 0 Å². The molecule has 2 aromatic heterocycles. The van der Waals surface area contributed by atoms with E-state index >= 15 is 0 Å². The number of nitrogens with one attached hydrogen (secondary N) is 4. The van der Waals surface area contributed by atoms with Crippen molar-refractivity contribution in [3.05, 3.63) is 71.0 Å². The summed E-state index contributed by atoms with van der Waals surface area (Å²) < 4.78 is 5.65. The lowest BCUT2D eigenvalue weighted by molar-refractivity contribution is -0.144. The molecule has 2 aliphatic heterocycles. The van der Waals surface area contributed by atoms with Crippen LogP contribution in [0.3, 0.4) is 0 Å². The van der Waals surface area contributed by atoms with Gasteiger partial charge in [-0.05, 0) is 60.9 Å². The maximum Gasteiger partial charge on any atom is 0.251 e. The predicted molar refractivity (Wildman–Crippen MR) is 249 cm³/mol. The number of carbonyl (C=O) groups excluding carboxylic acids is 5. The van der Waals surface area contributed by atoms with Crippen molar-refractivity contribution in [1.29, 1.82) is 0 Å². The number of ether oxygens (including phenoxy) is 1. The van der Waals surface area contributed by atoms with E-state index in [0.717, 1.165) is 47.4 Å². The SMILES string of the molecule is CC[C@@H]1C(=O)N(C)c2cnc(Nc3ccc(C(=O)NCCC(=O)N[C@H](C(=O)N4C[C@H](O)C[C@H]4C(=O)NCc4ccc(-c5scnc5C)cc4)C(C)(C)C)cc3OC)nc2N1C1CCCC1. The van der Waals surface area contributed by atoms with Crippen LogP contribution in [0.5, 0.6) is 5.75 Å². The molecule has 0 spiro atoms. The van der Waals surface area contributed by atoms with E-state index < -0.39 is 47.2 Å². The van der Waals surface area contributed by atoms with Crippen LogP contribution in [0.25, 0.3) is 10.4 Å². The van der Waals surface area contributed by atoms with Crippen molar-refractivity contribution in [3.8, 4) is 16.2 Å². The summed E-state index contributed by atoms with van der Waals surface area (Å²) in [6.07, 6.45) is 5.57. The molecule has 0 unspecified atom stereocenters. The zero-order valence-corrected chi connectivity index (χ0v) is 39.0. The second-order valence-electron chi connectivity index (χ2n) is 18.1. The average molecular weight is 909 g/mol. The summed E-state index contributed by atoms with van der Waals surface area (Å²) in [6.45, 7) is 9.58. The minimum Gasteiger partial charge on any atom is -0.495 e. The number of carbonyl (C=O) groups is 5. The summed E-state index contributed by atoms with van der Waals surface area (Å²) in [7, 11) is 3.24. The topological polar surface area (TPSA) is 211 Å². The number of rotatable bonds is 15. The minimum absolute atomic E-state index is 0.0214. The number of hydrogen-bond acceptors (Lipinski definition) is 13. The number of aliphatic hydroxyl groups is 1. The Morgan fingerprint density at radius 3 is 2.43 bits per heavy atom. The Morgan fingerprint density at radius 2 is 1.77 bits per heavy atom. The van der Waals surface area contributed by atoms with Gasteiger partial charge >= 0.3 is 0 Å². The molecular formula is C47H60N10O7S. The number of likely N-dealkylation sites (tertiary alicyclic amines) is 1. The monoisotopic (exact) mass is 908 g/mol. The van der Waals surface area contributed by atoms with Gasteiger partial charge < -0.3 is 45.8 Å². The van der Waals surface area contributed by atoms with Gasteiger partial charge in [0.15, 0.2) is 5.82 Å². The third-order valence-electron chi connectivity index (χ3n) is 12.5. The summed E-state index contributed by atoms with van der Waals surface area (Å²) in [4.78, 5) is 87.5. The number of likely N-dealkylation sites (N-methyl/N-ethyl adjacent to an activating group) is 1. The number of benzene rings is 2. The molecule has 5 amide bonds. The Morgan fingerprint density at radius 1 is 1.03 bits per heavy atom. The van der Waals surface area contributed by atoms with E-state index in [1.807, 2.05) is 58.9 Å². The number of methoxy groups -OCH3 is 1. The Labute approximate surface area is 383 Å². The molecule has 18 heteroatoms.